The smallest absolute Gasteiger partial charge is 0.224 e. The minimum absolute atomic E-state index is 0.0424. The van der Waals surface area contributed by atoms with Crippen molar-refractivity contribution in [3.05, 3.63) is 152 Å². The lowest BCUT2D eigenvalue weighted by molar-refractivity contribution is -0.178. The fourth-order valence-corrected chi connectivity index (χ4v) is 12.5. The summed E-state index contributed by atoms with van der Waals surface area (Å²) >= 11 is 0. The minimum atomic E-state index is -1.55. The first-order valence-corrected chi connectivity index (χ1v) is 22.5. The van der Waals surface area contributed by atoms with E-state index in [0.29, 0.717) is 32.7 Å². The van der Waals surface area contributed by atoms with Gasteiger partial charge in [0.1, 0.15) is 0 Å². The van der Waals surface area contributed by atoms with Gasteiger partial charge in [0.05, 0.1) is 0 Å². The molecule has 318 valence electrons. The summed E-state index contributed by atoms with van der Waals surface area (Å²) in [6.45, 7) is 23.1. The Morgan fingerprint density at radius 1 is 0.397 bits per heavy atom. The lowest BCUT2D eigenvalue weighted by Gasteiger charge is -2.33. The maximum absolute atomic E-state index is 15.2. The van der Waals surface area contributed by atoms with Crippen molar-refractivity contribution in [2.45, 2.75) is 98.7 Å². The predicted molar refractivity (Wildman–Crippen MR) is 266 cm³/mol. The van der Waals surface area contributed by atoms with Crippen LogP contribution in [0.25, 0.3) is 86.9 Å². The third kappa shape index (κ3) is 5.94. The molecule has 0 aliphatic heterocycles. The third-order valence-electron chi connectivity index (χ3n) is 14.2. The molecule has 0 radical (unpaired) electrons. The van der Waals surface area contributed by atoms with Crippen LogP contribution in [0.1, 0.15) is 104 Å². The molecule has 9 aromatic rings. The molecule has 0 fully saturated rings. The van der Waals surface area contributed by atoms with E-state index in [-0.39, 0.29) is 32.5 Å². The maximum Gasteiger partial charge on any atom is 0.224 e. The van der Waals surface area contributed by atoms with Crippen molar-refractivity contribution in [1.29, 1.82) is 0 Å². The molecule has 0 atom stereocenters. The largest absolute Gasteiger partial charge is 0.345 e. The van der Waals surface area contributed by atoms with Crippen molar-refractivity contribution in [2.24, 2.45) is 10.8 Å². The van der Waals surface area contributed by atoms with Crippen LogP contribution in [0.15, 0.2) is 119 Å². The van der Waals surface area contributed by atoms with E-state index in [1.54, 1.807) is 14.2 Å². The van der Waals surface area contributed by atoms with Crippen molar-refractivity contribution in [2.75, 3.05) is 14.2 Å². The lowest BCUT2D eigenvalue weighted by atomic mass is 9.72. The molecule has 1 aliphatic carbocycles. The van der Waals surface area contributed by atoms with E-state index >= 15 is 9.59 Å². The van der Waals surface area contributed by atoms with Gasteiger partial charge in [0.2, 0.25) is 5.79 Å². The second-order valence-corrected chi connectivity index (χ2v) is 22.1. The van der Waals surface area contributed by atoms with Crippen LogP contribution in [-0.2, 0) is 26.1 Å². The van der Waals surface area contributed by atoms with Crippen LogP contribution in [0, 0.1) is 10.8 Å². The van der Waals surface area contributed by atoms with Gasteiger partial charge < -0.3 is 9.47 Å². The van der Waals surface area contributed by atoms with Gasteiger partial charge in [0.25, 0.3) is 0 Å². The van der Waals surface area contributed by atoms with E-state index in [0.717, 1.165) is 78.2 Å². The van der Waals surface area contributed by atoms with Crippen LogP contribution in [0.2, 0.25) is 0 Å². The molecule has 0 bridgehead atoms. The molecule has 63 heavy (non-hydrogen) atoms. The maximum atomic E-state index is 15.2. The lowest BCUT2D eigenvalue weighted by Crippen LogP contribution is -2.32. The average Bonchev–Trinajstić information content (AvgIpc) is 3.81. The monoisotopic (exact) mass is 830 g/mol. The molecule has 4 nitrogen and oxygen atoms in total. The van der Waals surface area contributed by atoms with E-state index in [9.17, 15) is 0 Å². The molecule has 0 N–H and O–H groups in total. The van der Waals surface area contributed by atoms with Crippen LogP contribution < -0.4 is 10.9 Å². The van der Waals surface area contributed by atoms with Crippen LogP contribution >= 0.6 is 0 Å². The van der Waals surface area contributed by atoms with Gasteiger partial charge in [-0.3, -0.25) is 9.59 Å². The highest BCUT2D eigenvalue weighted by molar-refractivity contribution is 6.36. The highest BCUT2D eigenvalue weighted by Gasteiger charge is 2.49. The molecule has 1 aliphatic rings. The summed E-state index contributed by atoms with van der Waals surface area (Å²) in [6, 6.07) is 38.4. The zero-order valence-corrected chi connectivity index (χ0v) is 38.9. The standard InChI is InChI=1S/C59H58O4/c1-55(2,3)31-57(7,8)35-25-21-33(22-26-35)43-41-29-30-42-44(34-23-27-36(28-24-34)58(9,10)32-56(4,5)6)46-38-18-14-16-20-40(38)54(61)50(46)52-48(42)47(41)51(59(52,62-11)63-12)49-45(43)37-17-13-15-19-39(37)53(49)60/h13-30H,31-32H2,1-12H3. The van der Waals surface area contributed by atoms with Gasteiger partial charge in [-0.1, -0.05) is 178 Å². The first-order chi connectivity index (χ1) is 29.7. The van der Waals surface area contributed by atoms with Crippen LogP contribution in [-0.4, -0.2) is 14.2 Å². The summed E-state index contributed by atoms with van der Waals surface area (Å²) in [4.78, 5) is 30.4. The van der Waals surface area contributed by atoms with Crippen LogP contribution in [0.3, 0.4) is 0 Å². The average molecular weight is 831 g/mol. The van der Waals surface area contributed by atoms with Crippen LogP contribution in [0.4, 0.5) is 0 Å². The number of rotatable bonds is 8. The van der Waals surface area contributed by atoms with Gasteiger partial charge in [-0.25, -0.2) is 0 Å². The molecular formula is C59H58O4. The molecular weight excluding hydrogens is 773 g/mol. The van der Waals surface area contributed by atoms with E-state index in [2.05, 4.69) is 142 Å². The Labute approximate surface area is 370 Å². The fraction of sp³-hybridized carbons (Fsp3) is 0.322. The first-order valence-electron chi connectivity index (χ1n) is 22.5. The fourth-order valence-electron chi connectivity index (χ4n) is 12.5. The van der Waals surface area contributed by atoms with Crippen molar-refractivity contribution in [1.82, 2.24) is 0 Å². The zero-order chi connectivity index (χ0) is 44.8. The van der Waals surface area contributed by atoms with Gasteiger partial charge in [-0.15, -0.1) is 0 Å². The number of ether oxygens (including phenoxy) is 2. The van der Waals surface area contributed by atoms with E-state index in [1.165, 1.54) is 11.1 Å². The van der Waals surface area contributed by atoms with Gasteiger partial charge in [-0.05, 0) is 89.4 Å². The molecule has 0 aromatic heterocycles. The second kappa shape index (κ2) is 13.7. The highest BCUT2D eigenvalue weighted by Crippen LogP contribution is 2.59. The molecule has 0 amide bonds. The summed E-state index contributed by atoms with van der Waals surface area (Å²) < 4.78 is 13.4. The molecule has 0 unspecified atom stereocenters. The SMILES string of the molecule is COC1(OC)c2c3c(=O)c4ccccc4c3c(-c3ccc(C(C)(C)CC(C)(C)C)cc3)c3ccc4c(-c5ccc(C(C)(C)CC(C)(C)C)cc5)c5c(c1c4c23)c(=O)c1ccccc15. The normalized spacial score (nSPS) is 14.5. The molecule has 9 aromatic carbocycles. The van der Waals surface area contributed by atoms with Crippen LogP contribution in [0.5, 0.6) is 0 Å². The van der Waals surface area contributed by atoms with Gasteiger partial charge in [0.15, 0.2) is 10.9 Å². The van der Waals surface area contributed by atoms with Gasteiger partial charge >= 0.3 is 0 Å². The summed E-state index contributed by atoms with van der Waals surface area (Å²) in [7, 11) is 3.28. The molecule has 10 rings (SSSR count). The summed E-state index contributed by atoms with van der Waals surface area (Å²) in [5.74, 6) is -1.55. The molecule has 0 heterocycles. The van der Waals surface area contributed by atoms with E-state index in [1.807, 2.05) is 36.4 Å². The third-order valence-corrected chi connectivity index (χ3v) is 14.2. The first kappa shape index (κ1) is 41.3. The molecule has 4 heteroatoms. The van der Waals surface area contributed by atoms with E-state index in [4.69, 9.17) is 9.47 Å². The van der Waals surface area contributed by atoms with Crippen molar-refractivity contribution < 1.29 is 9.47 Å². The summed E-state index contributed by atoms with van der Waals surface area (Å²) in [5.41, 5.74) is 8.07. The number of hydrogen-bond donors (Lipinski definition) is 0. The molecule has 0 saturated carbocycles. The Balaban J connectivity index is 1.38. The minimum Gasteiger partial charge on any atom is -0.345 e. The Morgan fingerprint density at radius 3 is 1.05 bits per heavy atom. The number of methoxy groups -OCH3 is 2. The zero-order valence-electron chi connectivity index (χ0n) is 38.9. The Hall–Kier alpha value is -5.68. The van der Waals surface area contributed by atoms with Crippen molar-refractivity contribution in [3.8, 4) is 22.3 Å². The Kier molecular flexibility index (Phi) is 8.96. The highest BCUT2D eigenvalue weighted by atomic mass is 16.7. The van der Waals surface area contributed by atoms with Gasteiger partial charge in [0, 0.05) is 68.4 Å². The van der Waals surface area contributed by atoms with Crippen molar-refractivity contribution >= 4 is 64.6 Å². The number of fused-ring (bicyclic) bond motifs is 8. The van der Waals surface area contributed by atoms with E-state index < -0.39 is 5.79 Å². The molecule has 0 spiro atoms. The quantitative estimate of drug-likeness (QED) is 0.113. The summed E-state index contributed by atoms with van der Waals surface area (Å²) in [5, 5.41) is 9.78. The Morgan fingerprint density at radius 2 is 0.730 bits per heavy atom. The summed E-state index contributed by atoms with van der Waals surface area (Å²) in [6.07, 6.45) is 2.07. The second-order valence-electron chi connectivity index (χ2n) is 22.1. The van der Waals surface area contributed by atoms with Crippen molar-refractivity contribution in [3.63, 3.8) is 0 Å². The number of benzene rings is 7. The van der Waals surface area contributed by atoms with Gasteiger partial charge in [-0.2, -0.15) is 0 Å². The topological polar surface area (TPSA) is 52.6 Å². The predicted octanol–water partition coefficient (Wildman–Crippen LogP) is 14.8. The number of hydrogen-bond acceptors (Lipinski definition) is 4. The Bertz CT molecular complexity index is 3220. The molecule has 0 saturated heterocycles.